The van der Waals surface area contributed by atoms with Crippen molar-refractivity contribution in [1.29, 1.82) is 0 Å². The van der Waals surface area contributed by atoms with Crippen LogP contribution in [0.15, 0.2) is 0 Å². The predicted octanol–water partition coefficient (Wildman–Crippen LogP) is 1.30. The van der Waals surface area contributed by atoms with Gasteiger partial charge in [0.1, 0.15) is 0 Å². The fraction of sp³-hybridized carbons (Fsp3) is 1.00. The summed E-state index contributed by atoms with van der Waals surface area (Å²) in [6.07, 6.45) is 7.72. The molecule has 1 aliphatic heterocycles. The van der Waals surface area contributed by atoms with E-state index in [9.17, 15) is 0 Å². The van der Waals surface area contributed by atoms with E-state index < -0.39 is 0 Å². The Bertz CT molecular complexity index is 279. The van der Waals surface area contributed by atoms with Gasteiger partial charge in [-0.25, -0.2) is 0 Å². The lowest BCUT2D eigenvalue weighted by atomic mass is 9.76. The van der Waals surface area contributed by atoms with Crippen molar-refractivity contribution in [1.82, 2.24) is 9.80 Å². The lowest BCUT2D eigenvalue weighted by Gasteiger charge is -2.52. The van der Waals surface area contributed by atoms with Crippen molar-refractivity contribution in [2.24, 2.45) is 5.73 Å². The van der Waals surface area contributed by atoms with Gasteiger partial charge in [-0.15, -0.1) is 0 Å². The molecule has 0 amide bonds. The van der Waals surface area contributed by atoms with Gasteiger partial charge < -0.3 is 15.4 Å². The maximum atomic E-state index is 6.21. The van der Waals surface area contributed by atoms with Crippen LogP contribution in [0.4, 0.5) is 0 Å². The fourth-order valence-electron chi connectivity index (χ4n) is 4.05. The zero-order valence-corrected chi connectivity index (χ0v) is 12.9. The van der Waals surface area contributed by atoms with Crippen LogP contribution in [-0.4, -0.2) is 68.3 Å². The molecule has 0 bridgehead atoms. The highest BCUT2D eigenvalue weighted by Crippen LogP contribution is 2.36. The third-order valence-corrected chi connectivity index (χ3v) is 5.50. The highest BCUT2D eigenvalue weighted by atomic mass is 16.5. The summed E-state index contributed by atoms with van der Waals surface area (Å²) in [4.78, 5) is 5.00. The Morgan fingerprint density at radius 3 is 2.53 bits per heavy atom. The van der Waals surface area contributed by atoms with E-state index in [1.54, 1.807) is 0 Å². The van der Waals surface area contributed by atoms with Crippen molar-refractivity contribution in [3.8, 4) is 0 Å². The summed E-state index contributed by atoms with van der Waals surface area (Å²) in [5, 5.41) is 0. The van der Waals surface area contributed by atoms with Crippen LogP contribution < -0.4 is 5.73 Å². The zero-order chi connectivity index (χ0) is 13.9. The van der Waals surface area contributed by atoms with Gasteiger partial charge in [0.2, 0.25) is 0 Å². The number of rotatable bonds is 4. The topological polar surface area (TPSA) is 41.7 Å². The highest BCUT2D eigenvalue weighted by molar-refractivity contribution is 5.02. The monoisotopic (exact) mass is 269 g/mol. The molecule has 19 heavy (non-hydrogen) atoms. The summed E-state index contributed by atoms with van der Waals surface area (Å²) in [5.41, 5.74) is 6.27. The molecule has 2 fully saturated rings. The molecular formula is C15H31N3O. The molecule has 4 nitrogen and oxygen atoms in total. The highest BCUT2D eigenvalue weighted by Gasteiger charge is 2.45. The molecular weight excluding hydrogens is 238 g/mol. The molecule has 0 radical (unpaired) electrons. The standard InChI is InChI=1S/C15H31N3O/c1-17-10-7-13(8-11-17)18(2)15(12-16)9-5-4-6-14(15)19-3/h13-14H,4-12,16H2,1-3H3. The molecule has 0 aromatic rings. The van der Waals surface area contributed by atoms with Gasteiger partial charge in [-0.3, -0.25) is 4.90 Å². The summed E-state index contributed by atoms with van der Waals surface area (Å²) in [7, 11) is 6.34. The van der Waals surface area contributed by atoms with Gasteiger partial charge in [-0.2, -0.15) is 0 Å². The Kier molecular flexibility index (Phi) is 5.23. The number of nitrogens with zero attached hydrogens (tertiary/aromatic N) is 2. The second-order valence-corrected chi connectivity index (χ2v) is 6.42. The minimum absolute atomic E-state index is 0.0631. The van der Waals surface area contributed by atoms with Gasteiger partial charge >= 0.3 is 0 Å². The van der Waals surface area contributed by atoms with Gasteiger partial charge in [-0.05, 0) is 52.9 Å². The van der Waals surface area contributed by atoms with Crippen LogP contribution in [0.2, 0.25) is 0 Å². The van der Waals surface area contributed by atoms with Gasteiger partial charge in [-0.1, -0.05) is 12.8 Å². The zero-order valence-electron chi connectivity index (χ0n) is 12.9. The molecule has 2 rings (SSSR count). The van der Waals surface area contributed by atoms with Crippen LogP contribution in [-0.2, 0) is 4.74 Å². The van der Waals surface area contributed by atoms with Crippen molar-refractivity contribution in [2.45, 2.75) is 56.2 Å². The number of ether oxygens (including phenoxy) is 1. The third kappa shape index (κ3) is 2.97. The van der Waals surface area contributed by atoms with Crippen molar-refractivity contribution in [3.63, 3.8) is 0 Å². The first kappa shape index (κ1) is 15.2. The minimum Gasteiger partial charge on any atom is -0.379 e. The van der Waals surface area contributed by atoms with Crippen molar-refractivity contribution >= 4 is 0 Å². The Labute approximate surface area is 118 Å². The Morgan fingerprint density at radius 2 is 1.95 bits per heavy atom. The number of nitrogens with two attached hydrogens (primary N) is 1. The van der Waals surface area contributed by atoms with Crippen LogP contribution in [0.5, 0.6) is 0 Å². The maximum Gasteiger partial charge on any atom is 0.0767 e. The number of methoxy groups -OCH3 is 1. The predicted molar refractivity (Wildman–Crippen MR) is 79.3 cm³/mol. The van der Waals surface area contributed by atoms with Crippen molar-refractivity contribution in [3.05, 3.63) is 0 Å². The second kappa shape index (κ2) is 6.53. The Hall–Kier alpha value is -0.160. The van der Waals surface area contributed by atoms with Crippen LogP contribution in [0, 0.1) is 0 Å². The second-order valence-electron chi connectivity index (χ2n) is 6.42. The Morgan fingerprint density at radius 1 is 1.26 bits per heavy atom. The lowest BCUT2D eigenvalue weighted by molar-refractivity contribution is -0.0872. The first-order valence-corrected chi connectivity index (χ1v) is 7.78. The maximum absolute atomic E-state index is 6.21. The van der Waals surface area contributed by atoms with E-state index in [1.807, 2.05) is 7.11 Å². The average Bonchev–Trinajstić information content (AvgIpc) is 2.47. The van der Waals surface area contributed by atoms with Crippen LogP contribution in [0.25, 0.3) is 0 Å². The van der Waals surface area contributed by atoms with Crippen LogP contribution in [0.3, 0.4) is 0 Å². The van der Waals surface area contributed by atoms with Gasteiger partial charge in [0.25, 0.3) is 0 Å². The molecule has 1 heterocycles. The molecule has 4 heteroatoms. The quantitative estimate of drug-likeness (QED) is 0.835. The number of likely N-dealkylation sites (tertiary alicyclic amines) is 1. The molecule has 0 aromatic heterocycles. The van der Waals surface area contributed by atoms with Gasteiger partial charge in [0.15, 0.2) is 0 Å². The Balaban J connectivity index is 2.10. The number of hydrogen-bond donors (Lipinski definition) is 1. The molecule has 2 N–H and O–H groups in total. The SMILES string of the molecule is COC1CCCCC1(CN)N(C)C1CCN(C)CC1. The number of likely N-dealkylation sites (N-methyl/N-ethyl adjacent to an activating group) is 1. The van der Waals surface area contributed by atoms with Crippen molar-refractivity contribution < 1.29 is 4.74 Å². The molecule has 1 aliphatic carbocycles. The van der Waals surface area contributed by atoms with E-state index in [-0.39, 0.29) is 5.54 Å². The first-order valence-electron chi connectivity index (χ1n) is 7.78. The van der Waals surface area contributed by atoms with E-state index in [4.69, 9.17) is 10.5 Å². The molecule has 2 atom stereocenters. The summed E-state index contributed by atoms with van der Waals surface area (Å²) in [6, 6.07) is 0.662. The van der Waals surface area contributed by atoms with E-state index in [0.29, 0.717) is 18.7 Å². The molecule has 0 aromatic carbocycles. The molecule has 0 spiro atoms. The average molecular weight is 269 g/mol. The van der Waals surface area contributed by atoms with Crippen molar-refractivity contribution in [2.75, 3.05) is 40.8 Å². The van der Waals surface area contributed by atoms with E-state index >= 15 is 0 Å². The van der Waals surface area contributed by atoms with E-state index in [0.717, 1.165) is 6.42 Å². The summed E-state index contributed by atoms with van der Waals surface area (Å²) in [6.45, 7) is 3.12. The van der Waals surface area contributed by atoms with Crippen LogP contribution in [0.1, 0.15) is 38.5 Å². The molecule has 1 saturated carbocycles. The van der Waals surface area contributed by atoms with E-state index in [1.165, 1.54) is 45.2 Å². The normalized spacial score (nSPS) is 34.9. The summed E-state index contributed by atoms with van der Waals surface area (Å²) >= 11 is 0. The van der Waals surface area contributed by atoms with Gasteiger partial charge in [0, 0.05) is 19.7 Å². The smallest absolute Gasteiger partial charge is 0.0767 e. The molecule has 2 unspecified atom stereocenters. The minimum atomic E-state index is 0.0631. The number of hydrogen-bond acceptors (Lipinski definition) is 4. The molecule has 112 valence electrons. The lowest BCUT2D eigenvalue weighted by Crippen LogP contribution is -2.65. The third-order valence-electron chi connectivity index (χ3n) is 5.50. The number of piperidine rings is 1. The first-order chi connectivity index (χ1) is 9.14. The largest absolute Gasteiger partial charge is 0.379 e. The summed E-state index contributed by atoms with van der Waals surface area (Å²) in [5.74, 6) is 0. The molecule has 1 saturated heterocycles. The fourth-order valence-corrected chi connectivity index (χ4v) is 4.05. The molecule has 2 aliphatic rings. The van der Waals surface area contributed by atoms with Gasteiger partial charge in [0.05, 0.1) is 11.6 Å². The van der Waals surface area contributed by atoms with E-state index in [2.05, 4.69) is 23.9 Å². The summed E-state index contributed by atoms with van der Waals surface area (Å²) < 4.78 is 5.80. The van der Waals surface area contributed by atoms with Crippen LogP contribution >= 0.6 is 0 Å².